The van der Waals surface area contributed by atoms with Gasteiger partial charge in [-0.05, 0) is 13.2 Å². The van der Waals surface area contributed by atoms with Crippen molar-refractivity contribution in [3.63, 3.8) is 0 Å². The van der Waals surface area contributed by atoms with Crippen LogP contribution >= 0.6 is 0 Å². The molecule has 0 aromatic rings. The summed E-state index contributed by atoms with van der Waals surface area (Å²) < 4.78 is 0. The molecular weight excluding hydrogens is 90.9 g/mol. The molecule has 0 fully saturated rings. The summed E-state index contributed by atoms with van der Waals surface area (Å²) >= 11 is 0. The number of hydrogen-bond donors (Lipinski definition) is 2. The highest BCUT2D eigenvalue weighted by Gasteiger charge is 1.99. The Morgan fingerprint density at radius 2 is 2.14 bits per heavy atom. The van der Waals surface area contributed by atoms with Crippen molar-refractivity contribution in [3.8, 4) is 0 Å². The van der Waals surface area contributed by atoms with Gasteiger partial charge in [0.15, 0.2) is 0 Å². The van der Waals surface area contributed by atoms with E-state index in [0.717, 1.165) is 0 Å². The van der Waals surface area contributed by atoms with Gasteiger partial charge >= 0.3 is 7.12 Å². The molecule has 0 bridgehead atoms. The molecule has 0 unspecified atom stereocenters. The molecule has 0 aliphatic carbocycles. The van der Waals surface area contributed by atoms with Gasteiger partial charge in [0.05, 0.1) is 0 Å². The van der Waals surface area contributed by atoms with Crippen LogP contribution in [0.4, 0.5) is 0 Å². The van der Waals surface area contributed by atoms with Gasteiger partial charge in [-0.15, -0.1) is 0 Å². The van der Waals surface area contributed by atoms with Crippen molar-refractivity contribution in [1.82, 2.24) is 0 Å². The van der Waals surface area contributed by atoms with Gasteiger partial charge in [0.25, 0.3) is 0 Å². The number of hydrogen-bond acceptors (Lipinski definition) is 2. The van der Waals surface area contributed by atoms with Crippen LogP contribution in [0.3, 0.4) is 0 Å². The second-order valence-electron chi connectivity index (χ2n) is 1.29. The van der Waals surface area contributed by atoms with Crippen LogP contribution in [0, 0.1) is 0 Å². The third kappa shape index (κ3) is 5.72. The summed E-state index contributed by atoms with van der Waals surface area (Å²) in [5.74, 6) is 0. The summed E-state index contributed by atoms with van der Waals surface area (Å²) in [5, 5.41) is 16.4. The Morgan fingerprint density at radius 3 is 2.29 bits per heavy atom. The van der Waals surface area contributed by atoms with Crippen molar-refractivity contribution in [1.29, 1.82) is 0 Å². The summed E-state index contributed by atoms with van der Waals surface area (Å²) in [7, 11) is -1.18. The first-order chi connectivity index (χ1) is 3.27. The largest absolute Gasteiger partial charge is 0.455 e. The lowest BCUT2D eigenvalue weighted by Gasteiger charge is -1.85. The van der Waals surface area contributed by atoms with Crippen LogP contribution in [0.1, 0.15) is 6.92 Å². The Labute approximate surface area is 43.6 Å². The van der Waals surface area contributed by atoms with E-state index in [-0.39, 0.29) is 0 Å². The maximum absolute atomic E-state index is 8.19. The quantitative estimate of drug-likeness (QED) is 0.379. The van der Waals surface area contributed by atoms with Gasteiger partial charge in [-0.2, -0.15) is 0 Å². The van der Waals surface area contributed by atoms with Crippen LogP contribution in [0.15, 0.2) is 12.2 Å². The normalized spacial score (nSPS) is 10.1. The molecule has 0 aliphatic heterocycles. The smallest absolute Gasteiger partial charge is 0.427 e. The van der Waals surface area contributed by atoms with Gasteiger partial charge in [-0.3, -0.25) is 0 Å². The monoisotopic (exact) mass is 100 g/mol. The summed E-state index contributed by atoms with van der Waals surface area (Å²) in [4.78, 5) is 0. The second kappa shape index (κ2) is 3.90. The third-order valence-electron chi connectivity index (χ3n) is 0.583. The molecule has 0 saturated carbocycles. The molecule has 0 spiro atoms. The lowest BCUT2D eigenvalue weighted by molar-refractivity contribution is 0.411. The molecule has 0 aromatic heterocycles. The summed E-state index contributed by atoms with van der Waals surface area (Å²) in [6, 6.07) is 0. The van der Waals surface area contributed by atoms with E-state index in [1.54, 1.807) is 12.2 Å². The zero-order valence-electron chi connectivity index (χ0n) is 4.33. The summed E-state index contributed by atoms with van der Waals surface area (Å²) in [6.07, 6.45) is 3.81. The first-order valence-corrected chi connectivity index (χ1v) is 2.24. The zero-order valence-corrected chi connectivity index (χ0v) is 4.33. The summed E-state index contributed by atoms with van der Waals surface area (Å²) in [6.45, 7) is 1.84. The van der Waals surface area contributed by atoms with E-state index in [0.29, 0.717) is 6.32 Å². The molecule has 0 rings (SSSR count). The Kier molecular flexibility index (Phi) is 3.75. The topological polar surface area (TPSA) is 40.5 Å². The highest BCUT2D eigenvalue weighted by Crippen LogP contribution is 1.83. The van der Waals surface area contributed by atoms with E-state index in [1.807, 2.05) is 6.92 Å². The minimum absolute atomic E-state index is 0.330. The molecule has 0 radical (unpaired) electrons. The van der Waals surface area contributed by atoms with Crippen molar-refractivity contribution in [3.05, 3.63) is 12.2 Å². The first kappa shape index (κ1) is 6.72. The van der Waals surface area contributed by atoms with E-state index < -0.39 is 7.12 Å². The van der Waals surface area contributed by atoms with Crippen LogP contribution in [0.25, 0.3) is 0 Å². The van der Waals surface area contributed by atoms with Gasteiger partial charge in [0, 0.05) is 0 Å². The molecule has 3 heteroatoms. The molecule has 2 N–H and O–H groups in total. The minimum Gasteiger partial charge on any atom is -0.427 e. The van der Waals surface area contributed by atoms with Crippen LogP contribution < -0.4 is 0 Å². The predicted molar refractivity (Wildman–Crippen MR) is 29.8 cm³/mol. The van der Waals surface area contributed by atoms with E-state index in [4.69, 9.17) is 10.0 Å². The van der Waals surface area contributed by atoms with E-state index in [2.05, 4.69) is 0 Å². The molecule has 7 heavy (non-hydrogen) atoms. The zero-order chi connectivity index (χ0) is 5.70. The molecule has 0 aromatic carbocycles. The second-order valence-corrected chi connectivity index (χ2v) is 1.29. The highest BCUT2D eigenvalue weighted by molar-refractivity contribution is 6.41. The van der Waals surface area contributed by atoms with Crippen molar-refractivity contribution in [2.24, 2.45) is 0 Å². The van der Waals surface area contributed by atoms with Gasteiger partial charge in [0.1, 0.15) is 0 Å². The molecule has 0 saturated heterocycles. The fraction of sp³-hybridized carbons (Fsp3) is 0.500. The van der Waals surface area contributed by atoms with Gasteiger partial charge in [-0.1, -0.05) is 12.2 Å². The van der Waals surface area contributed by atoms with E-state index in [9.17, 15) is 0 Å². The van der Waals surface area contributed by atoms with Gasteiger partial charge in [0.2, 0.25) is 0 Å². The van der Waals surface area contributed by atoms with Crippen molar-refractivity contribution >= 4 is 7.12 Å². The molecular formula is C4H9BO2. The molecule has 0 heterocycles. The Balaban J connectivity index is 2.97. The van der Waals surface area contributed by atoms with Gasteiger partial charge < -0.3 is 10.0 Å². The fourth-order valence-corrected chi connectivity index (χ4v) is 0.258. The van der Waals surface area contributed by atoms with E-state index >= 15 is 0 Å². The maximum atomic E-state index is 8.19. The van der Waals surface area contributed by atoms with Crippen LogP contribution in [0.5, 0.6) is 0 Å². The fourth-order valence-electron chi connectivity index (χ4n) is 0.258. The molecule has 0 amide bonds. The standard InChI is InChI=1S/C4H9BO2/c1-2-3-4-5(6)7/h2-3,6-7H,4H2,1H3/b3-2+. The predicted octanol–water partition coefficient (Wildman–Crippen LogP) is 0.0353. The molecule has 2 nitrogen and oxygen atoms in total. The number of rotatable bonds is 2. The molecule has 40 valence electrons. The third-order valence-corrected chi connectivity index (χ3v) is 0.583. The average Bonchev–Trinajstić information content (AvgIpc) is 1.61. The first-order valence-electron chi connectivity index (χ1n) is 2.24. The van der Waals surface area contributed by atoms with Crippen molar-refractivity contribution in [2.75, 3.05) is 0 Å². The maximum Gasteiger partial charge on any atom is 0.455 e. The van der Waals surface area contributed by atoms with Crippen molar-refractivity contribution in [2.45, 2.75) is 13.2 Å². The molecule has 0 aliphatic rings. The lowest BCUT2D eigenvalue weighted by Crippen LogP contribution is -2.07. The average molecular weight is 99.9 g/mol. The van der Waals surface area contributed by atoms with Crippen LogP contribution in [-0.4, -0.2) is 17.2 Å². The lowest BCUT2D eigenvalue weighted by atomic mass is 9.86. The van der Waals surface area contributed by atoms with Crippen molar-refractivity contribution < 1.29 is 10.0 Å². The van der Waals surface area contributed by atoms with E-state index in [1.165, 1.54) is 0 Å². The number of allylic oxidation sites excluding steroid dienone is 2. The van der Waals surface area contributed by atoms with Crippen LogP contribution in [0.2, 0.25) is 6.32 Å². The minimum atomic E-state index is -1.18. The Hall–Kier alpha value is -0.275. The Bertz CT molecular complexity index is 60.7. The Morgan fingerprint density at radius 1 is 1.57 bits per heavy atom. The highest BCUT2D eigenvalue weighted by atomic mass is 16.4. The SMILES string of the molecule is C/C=C/CB(O)O. The van der Waals surface area contributed by atoms with Crippen LogP contribution in [-0.2, 0) is 0 Å². The van der Waals surface area contributed by atoms with Gasteiger partial charge in [-0.25, -0.2) is 0 Å². The molecule has 0 atom stereocenters. The summed E-state index contributed by atoms with van der Waals surface area (Å²) in [5.41, 5.74) is 0.